The third-order valence-corrected chi connectivity index (χ3v) is 3.90. The fourth-order valence-electron chi connectivity index (χ4n) is 2.58. The number of nitrogens with one attached hydrogen (secondary N) is 1. The fourth-order valence-corrected chi connectivity index (χ4v) is 2.58. The molecule has 1 N–H and O–H groups in total. The van der Waals surface area contributed by atoms with Crippen LogP contribution in [0.3, 0.4) is 0 Å². The topological polar surface area (TPSA) is 83.9 Å². The number of hydrogen-bond donors (Lipinski definition) is 1. The van der Waals surface area contributed by atoms with E-state index in [9.17, 15) is 22.4 Å². The number of nitrogens with zero attached hydrogens (tertiary/aromatic N) is 5. The van der Waals surface area contributed by atoms with E-state index in [0.29, 0.717) is 17.9 Å². The number of carbonyl (C=O) groups excluding carboxylic acids is 1. The van der Waals surface area contributed by atoms with Crippen LogP contribution in [0, 0.1) is 0 Å². The van der Waals surface area contributed by atoms with Crippen molar-refractivity contribution < 1.29 is 22.4 Å². The highest BCUT2D eigenvalue weighted by atomic mass is 19.4. The van der Waals surface area contributed by atoms with Crippen LogP contribution in [0.25, 0.3) is 5.57 Å². The molecule has 0 spiro atoms. The first-order chi connectivity index (χ1) is 13.3. The van der Waals surface area contributed by atoms with Crippen molar-refractivity contribution in [1.82, 2.24) is 24.8 Å². The zero-order valence-electron chi connectivity index (χ0n) is 14.4. The molecule has 0 atom stereocenters. The second-order valence-corrected chi connectivity index (χ2v) is 5.81. The Labute approximate surface area is 156 Å². The SMILES string of the molecule is C=C(F)C(=O)N1CC=C(c2nccnc2Nc2cnc(C(F)(F)F)nc2)CC1. The second-order valence-electron chi connectivity index (χ2n) is 5.81. The van der Waals surface area contributed by atoms with E-state index in [1.807, 2.05) is 0 Å². The molecule has 1 aliphatic rings. The summed E-state index contributed by atoms with van der Waals surface area (Å²) < 4.78 is 50.7. The van der Waals surface area contributed by atoms with Crippen LogP contribution in [-0.4, -0.2) is 43.8 Å². The normalized spacial score (nSPS) is 14.4. The Morgan fingerprint density at radius 1 is 1.14 bits per heavy atom. The molecule has 0 saturated heterocycles. The summed E-state index contributed by atoms with van der Waals surface area (Å²) in [4.78, 5) is 27.9. The van der Waals surface area contributed by atoms with Crippen LogP contribution in [0.15, 0.2) is 43.3 Å². The van der Waals surface area contributed by atoms with E-state index in [-0.39, 0.29) is 18.8 Å². The van der Waals surface area contributed by atoms with Crippen LogP contribution in [0.5, 0.6) is 0 Å². The van der Waals surface area contributed by atoms with Crippen molar-refractivity contribution >= 4 is 23.0 Å². The Hall–Kier alpha value is -3.37. The lowest BCUT2D eigenvalue weighted by Gasteiger charge is -2.26. The highest BCUT2D eigenvalue weighted by molar-refractivity contribution is 5.91. The summed E-state index contributed by atoms with van der Waals surface area (Å²) in [5, 5.41) is 2.84. The maximum atomic E-state index is 13.0. The van der Waals surface area contributed by atoms with E-state index in [4.69, 9.17) is 0 Å². The largest absolute Gasteiger partial charge is 0.451 e. The van der Waals surface area contributed by atoms with Gasteiger partial charge in [0, 0.05) is 25.5 Å². The van der Waals surface area contributed by atoms with E-state index < -0.39 is 23.7 Å². The number of rotatable bonds is 4. The van der Waals surface area contributed by atoms with Gasteiger partial charge >= 0.3 is 6.18 Å². The van der Waals surface area contributed by atoms with Crippen LogP contribution in [-0.2, 0) is 11.0 Å². The van der Waals surface area contributed by atoms with E-state index in [1.165, 1.54) is 17.3 Å². The van der Waals surface area contributed by atoms with Crippen LogP contribution < -0.4 is 5.32 Å². The average Bonchev–Trinajstić information content (AvgIpc) is 2.68. The molecular weight excluding hydrogens is 380 g/mol. The van der Waals surface area contributed by atoms with Crippen molar-refractivity contribution in [1.29, 1.82) is 0 Å². The fraction of sp³-hybridized carbons (Fsp3) is 0.235. The number of anilines is 2. The summed E-state index contributed by atoms with van der Waals surface area (Å²) in [6.45, 7) is 3.44. The van der Waals surface area contributed by atoms with Crippen LogP contribution >= 0.6 is 0 Å². The number of halogens is 4. The minimum atomic E-state index is -4.63. The first-order valence-corrected chi connectivity index (χ1v) is 8.06. The van der Waals surface area contributed by atoms with Crippen LogP contribution in [0.4, 0.5) is 29.1 Å². The van der Waals surface area contributed by atoms with Gasteiger partial charge in [-0.05, 0) is 12.0 Å². The minimum absolute atomic E-state index is 0.177. The summed E-state index contributed by atoms with van der Waals surface area (Å²) in [6.07, 6.45) is 2.36. The molecule has 0 unspecified atom stereocenters. The maximum absolute atomic E-state index is 13.0. The van der Waals surface area contributed by atoms with Crippen molar-refractivity contribution in [2.75, 3.05) is 18.4 Å². The molecule has 0 aromatic carbocycles. The van der Waals surface area contributed by atoms with Gasteiger partial charge in [-0.15, -0.1) is 0 Å². The first kappa shape index (κ1) is 19.4. The highest BCUT2D eigenvalue weighted by Gasteiger charge is 2.34. The van der Waals surface area contributed by atoms with Crippen LogP contribution in [0.1, 0.15) is 17.9 Å². The summed E-state index contributed by atoms with van der Waals surface area (Å²) in [5.74, 6) is -2.74. The van der Waals surface area contributed by atoms with Gasteiger partial charge < -0.3 is 10.2 Å². The zero-order valence-corrected chi connectivity index (χ0v) is 14.4. The zero-order chi connectivity index (χ0) is 20.3. The predicted molar refractivity (Wildman–Crippen MR) is 91.8 cm³/mol. The minimum Gasteiger partial charge on any atom is -0.336 e. The van der Waals surface area contributed by atoms with E-state index >= 15 is 0 Å². The molecule has 0 aliphatic carbocycles. The van der Waals surface area contributed by atoms with E-state index in [2.05, 4.69) is 31.8 Å². The Morgan fingerprint density at radius 2 is 1.82 bits per heavy atom. The molecule has 2 aromatic rings. The summed E-state index contributed by atoms with van der Waals surface area (Å²) in [6, 6.07) is 0. The van der Waals surface area contributed by atoms with Gasteiger partial charge in [0.2, 0.25) is 5.82 Å². The number of alkyl halides is 3. The number of hydrogen-bond acceptors (Lipinski definition) is 6. The van der Waals surface area contributed by atoms with Crippen molar-refractivity contribution in [3.8, 4) is 0 Å². The Balaban J connectivity index is 1.79. The van der Waals surface area contributed by atoms with Gasteiger partial charge in [-0.2, -0.15) is 13.2 Å². The van der Waals surface area contributed by atoms with Gasteiger partial charge in [0.15, 0.2) is 11.6 Å². The molecule has 3 rings (SSSR count). The quantitative estimate of drug-likeness (QED) is 0.634. The Kier molecular flexibility index (Phi) is 5.34. The van der Waals surface area contributed by atoms with E-state index in [1.54, 1.807) is 6.08 Å². The molecule has 146 valence electrons. The van der Waals surface area contributed by atoms with E-state index in [0.717, 1.165) is 18.0 Å². The lowest BCUT2D eigenvalue weighted by atomic mass is 10.0. The van der Waals surface area contributed by atoms with Gasteiger partial charge in [0.05, 0.1) is 18.1 Å². The molecule has 0 fully saturated rings. The highest BCUT2D eigenvalue weighted by Crippen LogP contribution is 2.29. The molecule has 0 radical (unpaired) electrons. The third kappa shape index (κ3) is 4.30. The molecule has 1 amide bonds. The first-order valence-electron chi connectivity index (χ1n) is 8.06. The lowest BCUT2D eigenvalue weighted by Crippen LogP contribution is -2.34. The molecule has 0 bridgehead atoms. The number of amides is 1. The molecule has 2 aromatic heterocycles. The molecule has 7 nitrogen and oxygen atoms in total. The number of carbonyl (C=O) groups is 1. The molecule has 1 aliphatic heterocycles. The van der Waals surface area contributed by atoms with Gasteiger partial charge in [0.1, 0.15) is 5.69 Å². The van der Waals surface area contributed by atoms with Gasteiger partial charge in [-0.3, -0.25) is 9.78 Å². The van der Waals surface area contributed by atoms with Crippen molar-refractivity contribution in [2.45, 2.75) is 12.6 Å². The Bertz CT molecular complexity index is 926. The third-order valence-electron chi connectivity index (χ3n) is 3.90. The average molecular weight is 394 g/mol. The molecule has 28 heavy (non-hydrogen) atoms. The molecule has 11 heteroatoms. The second kappa shape index (κ2) is 7.71. The monoisotopic (exact) mass is 394 g/mol. The van der Waals surface area contributed by atoms with Gasteiger partial charge in [-0.1, -0.05) is 12.7 Å². The molecule has 0 saturated carbocycles. The van der Waals surface area contributed by atoms with Crippen molar-refractivity contribution in [3.63, 3.8) is 0 Å². The lowest BCUT2D eigenvalue weighted by molar-refractivity contribution is -0.145. The standard InChI is InChI=1S/C17H14F4N6O/c1-10(18)15(28)27-6-2-11(3-7-27)13-14(23-5-4-22-13)26-12-8-24-16(25-9-12)17(19,20)21/h2,4-5,8-9H,1,3,6-7H2,(H,23,26). The summed E-state index contributed by atoms with van der Waals surface area (Å²) in [7, 11) is 0. The summed E-state index contributed by atoms with van der Waals surface area (Å²) in [5.41, 5.74) is 1.43. The summed E-state index contributed by atoms with van der Waals surface area (Å²) >= 11 is 0. The Morgan fingerprint density at radius 3 is 2.39 bits per heavy atom. The number of aromatic nitrogens is 4. The van der Waals surface area contributed by atoms with Crippen molar-refractivity contribution in [2.24, 2.45) is 0 Å². The molecular formula is C17H14F4N6O. The smallest absolute Gasteiger partial charge is 0.336 e. The van der Waals surface area contributed by atoms with Crippen LogP contribution in [0.2, 0.25) is 0 Å². The predicted octanol–water partition coefficient (Wildman–Crippen LogP) is 3.13. The van der Waals surface area contributed by atoms with Gasteiger partial charge in [0.25, 0.3) is 5.91 Å². The van der Waals surface area contributed by atoms with Gasteiger partial charge in [-0.25, -0.2) is 19.3 Å². The molecule has 3 heterocycles. The maximum Gasteiger partial charge on any atom is 0.451 e. The van der Waals surface area contributed by atoms with Crippen molar-refractivity contribution in [3.05, 3.63) is 54.8 Å².